The van der Waals surface area contributed by atoms with Crippen LogP contribution in [-0.2, 0) is 23.0 Å². The molecule has 0 atom stereocenters. The van der Waals surface area contributed by atoms with Gasteiger partial charge in [0.25, 0.3) is 11.8 Å². The molecule has 3 N–H and O–H groups in total. The van der Waals surface area contributed by atoms with Gasteiger partial charge < -0.3 is 16.0 Å². The number of fused-ring (bicyclic) bond motifs is 1. The summed E-state index contributed by atoms with van der Waals surface area (Å²) in [6.07, 6.45) is 2.41. The number of hydrogen-bond acceptors (Lipinski definition) is 6. The van der Waals surface area contributed by atoms with Crippen molar-refractivity contribution in [3.63, 3.8) is 0 Å². The minimum atomic E-state index is -3.57. The molecule has 1 aromatic carbocycles. The Balaban J connectivity index is 1.52. The maximum Gasteiger partial charge on any atom is 0.256 e. The summed E-state index contributed by atoms with van der Waals surface area (Å²) in [5, 5.41) is 3.25. The number of sulfonamides is 1. The lowest BCUT2D eigenvalue weighted by Crippen LogP contribution is -2.37. The lowest BCUT2D eigenvalue weighted by atomic mass is 10.0. The molecule has 0 aliphatic carbocycles. The van der Waals surface area contributed by atoms with Gasteiger partial charge in [0.05, 0.1) is 10.5 Å². The number of rotatable bonds is 5. The van der Waals surface area contributed by atoms with Gasteiger partial charge in [0.1, 0.15) is 5.00 Å². The Bertz CT molecular complexity index is 1130. The van der Waals surface area contributed by atoms with Gasteiger partial charge in [0.15, 0.2) is 0 Å². The SMILES string of the molecule is CC1CCN(S(=O)(=O)c2ccc(C(=O)Nc3sc4c(c3C(N)=O)CCN(C)C4)cc2)CC1. The highest BCUT2D eigenvalue weighted by atomic mass is 32.2. The number of anilines is 1. The summed E-state index contributed by atoms with van der Waals surface area (Å²) in [6, 6.07) is 5.93. The van der Waals surface area contributed by atoms with Crippen molar-refractivity contribution in [3.8, 4) is 0 Å². The summed E-state index contributed by atoms with van der Waals surface area (Å²) in [6.45, 7) is 4.68. The van der Waals surface area contributed by atoms with Gasteiger partial charge >= 0.3 is 0 Å². The van der Waals surface area contributed by atoms with Crippen molar-refractivity contribution in [1.82, 2.24) is 9.21 Å². The number of hydrogen-bond donors (Lipinski definition) is 2. The minimum Gasteiger partial charge on any atom is -0.365 e. The van der Waals surface area contributed by atoms with E-state index in [9.17, 15) is 18.0 Å². The zero-order valence-corrected chi connectivity index (χ0v) is 19.9. The number of carbonyl (C=O) groups excluding carboxylic acids is 2. The smallest absolute Gasteiger partial charge is 0.256 e. The normalized spacial score (nSPS) is 18.3. The van der Waals surface area contributed by atoms with Crippen LogP contribution in [0.15, 0.2) is 29.2 Å². The molecular formula is C22H28N4O4S2. The first-order chi connectivity index (χ1) is 15.2. The van der Waals surface area contributed by atoms with Gasteiger partial charge in [-0.1, -0.05) is 6.92 Å². The quantitative estimate of drug-likeness (QED) is 0.689. The molecule has 1 saturated heterocycles. The molecular weight excluding hydrogens is 448 g/mol. The van der Waals surface area contributed by atoms with E-state index in [1.807, 2.05) is 7.05 Å². The van der Waals surface area contributed by atoms with Crippen LogP contribution in [0.4, 0.5) is 5.00 Å². The number of carbonyl (C=O) groups is 2. The second-order valence-corrected chi connectivity index (χ2v) is 11.7. The van der Waals surface area contributed by atoms with Crippen molar-refractivity contribution in [2.24, 2.45) is 11.7 Å². The third-order valence-electron chi connectivity index (χ3n) is 6.22. The predicted molar refractivity (Wildman–Crippen MR) is 124 cm³/mol. The fourth-order valence-electron chi connectivity index (χ4n) is 4.21. The van der Waals surface area contributed by atoms with Gasteiger partial charge in [-0.05, 0) is 62.1 Å². The first-order valence-electron chi connectivity index (χ1n) is 10.7. The van der Waals surface area contributed by atoms with Crippen LogP contribution in [0.5, 0.6) is 0 Å². The zero-order valence-electron chi connectivity index (χ0n) is 18.3. The number of amides is 2. The van der Waals surface area contributed by atoms with Gasteiger partial charge in [-0.2, -0.15) is 4.31 Å². The topological polar surface area (TPSA) is 113 Å². The first kappa shape index (κ1) is 22.9. The molecule has 8 nitrogen and oxygen atoms in total. The molecule has 3 heterocycles. The largest absolute Gasteiger partial charge is 0.365 e. The molecule has 0 saturated carbocycles. The van der Waals surface area contributed by atoms with Gasteiger partial charge in [0.2, 0.25) is 10.0 Å². The monoisotopic (exact) mass is 476 g/mol. The molecule has 0 unspecified atom stereocenters. The molecule has 0 spiro atoms. The van der Waals surface area contributed by atoms with E-state index in [0.717, 1.165) is 29.8 Å². The number of thiophene rings is 1. The van der Waals surface area contributed by atoms with E-state index in [2.05, 4.69) is 17.1 Å². The third-order valence-corrected chi connectivity index (χ3v) is 9.26. The summed E-state index contributed by atoms with van der Waals surface area (Å²) < 4.78 is 27.3. The van der Waals surface area contributed by atoms with Gasteiger partial charge in [-0.15, -0.1) is 11.3 Å². The maximum atomic E-state index is 12.9. The van der Waals surface area contributed by atoms with Gasteiger partial charge in [-0.25, -0.2) is 8.42 Å². The first-order valence-corrected chi connectivity index (χ1v) is 13.0. The Morgan fingerprint density at radius 2 is 1.78 bits per heavy atom. The number of piperidine rings is 1. The second kappa shape index (κ2) is 8.93. The number of likely N-dealkylation sites (N-methyl/N-ethyl adjacent to an activating group) is 1. The van der Waals surface area contributed by atoms with Crippen molar-refractivity contribution < 1.29 is 18.0 Å². The molecule has 2 aliphatic rings. The van der Waals surface area contributed by atoms with Crippen LogP contribution >= 0.6 is 11.3 Å². The Morgan fingerprint density at radius 1 is 1.12 bits per heavy atom. The highest BCUT2D eigenvalue weighted by Gasteiger charge is 2.29. The number of nitrogens with one attached hydrogen (secondary N) is 1. The molecule has 1 aromatic heterocycles. The van der Waals surface area contributed by atoms with Crippen LogP contribution in [0.25, 0.3) is 0 Å². The van der Waals surface area contributed by atoms with Crippen LogP contribution in [0.1, 0.15) is 50.9 Å². The molecule has 2 amide bonds. The molecule has 32 heavy (non-hydrogen) atoms. The van der Waals surface area contributed by atoms with E-state index < -0.39 is 21.8 Å². The van der Waals surface area contributed by atoms with E-state index in [1.54, 1.807) is 0 Å². The van der Waals surface area contributed by atoms with E-state index in [-0.39, 0.29) is 4.90 Å². The van der Waals surface area contributed by atoms with Crippen LogP contribution in [0.3, 0.4) is 0 Å². The summed E-state index contributed by atoms with van der Waals surface area (Å²) in [4.78, 5) is 28.3. The molecule has 4 rings (SSSR count). The summed E-state index contributed by atoms with van der Waals surface area (Å²) in [7, 11) is -1.57. The summed E-state index contributed by atoms with van der Waals surface area (Å²) in [5.74, 6) is -0.434. The van der Waals surface area contributed by atoms with Crippen molar-refractivity contribution in [2.75, 3.05) is 32.0 Å². The number of primary amides is 1. The van der Waals surface area contributed by atoms with E-state index >= 15 is 0 Å². The molecule has 0 radical (unpaired) electrons. The van der Waals surface area contributed by atoms with Crippen LogP contribution in [0, 0.1) is 5.92 Å². The number of nitrogens with zero attached hydrogens (tertiary/aromatic N) is 2. The van der Waals surface area contributed by atoms with Crippen molar-refractivity contribution >= 4 is 38.2 Å². The molecule has 1 fully saturated rings. The van der Waals surface area contributed by atoms with E-state index in [4.69, 9.17) is 5.73 Å². The Kier molecular flexibility index (Phi) is 6.39. The Morgan fingerprint density at radius 3 is 2.41 bits per heavy atom. The van der Waals surface area contributed by atoms with Crippen molar-refractivity contribution in [3.05, 3.63) is 45.8 Å². The second-order valence-electron chi connectivity index (χ2n) is 8.63. The zero-order chi connectivity index (χ0) is 23.0. The van der Waals surface area contributed by atoms with Crippen molar-refractivity contribution in [1.29, 1.82) is 0 Å². The van der Waals surface area contributed by atoms with Crippen LogP contribution in [-0.4, -0.2) is 56.1 Å². The fraction of sp³-hybridized carbons (Fsp3) is 0.455. The molecule has 2 aliphatic heterocycles. The van der Waals surface area contributed by atoms with Gasteiger partial charge in [-0.3, -0.25) is 9.59 Å². The lowest BCUT2D eigenvalue weighted by Gasteiger charge is -2.29. The summed E-state index contributed by atoms with van der Waals surface area (Å²) in [5.41, 5.74) is 7.22. The van der Waals surface area contributed by atoms with E-state index in [0.29, 0.717) is 48.1 Å². The minimum absolute atomic E-state index is 0.177. The molecule has 172 valence electrons. The van der Waals surface area contributed by atoms with E-state index in [1.165, 1.54) is 39.9 Å². The number of nitrogens with two attached hydrogens (primary N) is 1. The standard InChI is InChI=1S/C22H28N4O4S2/c1-14-7-11-26(12-8-14)32(29,30)16-5-3-15(4-6-16)21(28)24-22-19(20(23)27)17-9-10-25(2)13-18(17)31-22/h3-6,14H,7-13H2,1-2H3,(H2,23,27)(H,24,28). The van der Waals surface area contributed by atoms with Crippen LogP contribution < -0.4 is 11.1 Å². The average Bonchev–Trinajstić information content (AvgIpc) is 3.11. The number of benzene rings is 1. The maximum absolute atomic E-state index is 12.9. The predicted octanol–water partition coefficient (Wildman–Crippen LogP) is 2.51. The molecule has 2 aromatic rings. The molecule has 10 heteroatoms. The lowest BCUT2D eigenvalue weighted by molar-refractivity contribution is 0.1000. The van der Waals surface area contributed by atoms with Crippen LogP contribution in [0.2, 0.25) is 0 Å². The average molecular weight is 477 g/mol. The summed E-state index contributed by atoms with van der Waals surface area (Å²) >= 11 is 1.37. The van der Waals surface area contributed by atoms with Gasteiger partial charge in [0, 0.05) is 36.6 Å². The fourth-order valence-corrected chi connectivity index (χ4v) is 7.01. The third kappa shape index (κ3) is 4.45. The highest BCUT2D eigenvalue weighted by molar-refractivity contribution is 7.89. The van der Waals surface area contributed by atoms with Crippen molar-refractivity contribution in [2.45, 2.75) is 37.6 Å². The highest BCUT2D eigenvalue weighted by Crippen LogP contribution is 2.37. The molecule has 0 bridgehead atoms. The Labute approximate surface area is 192 Å². The Hall–Kier alpha value is -2.27.